The van der Waals surface area contributed by atoms with Gasteiger partial charge in [0.25, 0.3) is 0 Å². The standard InChI is InChI=1S/C20H23N3O3/c1-3-26-14-9-7-12(8-10-14)17-16-18(22-23-19(16)20(24)21-17)13-5-4-6-15(11-13)25-2/h4-11,16-19,22-23H,3H2,1-2H3,(H,21,24). The molecule has 0 radical (unpaired) electrons. The number of hydrogen-bond donors (Lipinski definition) is 3. The third-order valence-electron chi connectivity index (χ3n) is 5.13. The van der Waals surface area contributed by atoms with Gasteiger partial charge in [-0.1, -0.05) is 24.3 Å². The fourth-order valence-electron chi connectivity index (χ4n) is 3.91. The van der Waals surface area contributed by atoms with Crippen molar-refractivity contribution in [2.75, 3.05) is 13.7 Å². The molecule has 6 nitrogen and oxygen atoms in total. The van der Waals surface area contributed by atoms with Gasteiger partial charge in [-0.3, -0.25) is 4.79 Å². The van der Waals surface area contributed by atoms with E-state index >= 15 is 0 Å². The van der Waals surface area contributed by atoms with Crippen LogP contribution in [0.15, 0.2) is 48.5 Å². The molecule has 26 heavy (non-hydrogen) atoms. The van der Waals surface area contributed by atoms with Gasteiger partial charge in [0.05, 0.1) is 25.8 Å². The molecule has 0 saturated carbocycles. The third-order valence-corrected chi connectivity index (χ3v) is 5.13. The first kappa shape index (κ1) is 16.9. The Kier molecular flexibility index (Phi) is 4.53. The SMILES string of the molecule is CCOc1ccc(C2NC(=O)C3NNC(c4cccc(OC)c4)C32)cc1. The number of nitrogens with one attached hydrogen (secondary N) is 3. The van der Waals surface area contributed by atoms with E-state index < -0.39 is 0 Å². The van der Waals surface area contributed by atoms with Crippen LogP contribution in [0.4, 0.5) is 0 Å². The van der Waals surface area contributed by atoms with Crippen LogP contribution in [0.2, 0.25) is 0 Å². The number of ether oxygens (including phenoxy) is 2. The predicted molar refractivity (Wildman–Crippen MR) is 97.8 cm³/mol. The summed E-state index contributed by atoms with van der Waals surface area (Å²) in [4.78, 5) is 12.4. The van der Waals surface area contributed by atoms with Gasteiger partial charge in [-0.05, 0) is 42.3 Å². The van der Waals surface area contributed by atoms with Crippen molar-refractivity contribution < 1.29 is 14.3 Å². The smallest absolute Gasteiger partial charge is 0.239 e. The highest BCUT2D eigenvalue weighted by Gasteiger charge is 2.51. The molecular weight excluding hydrogens is 330 g/mol. The second kappa shape index (κ2) is 6.97. The molecule has 2 heterocycles. The number of hydrazine groups is 1. The third kappa shape index (κ3) is 2.91. The van der Waals surface area contributed by atoms with Gasteiger partial charge in [0.15, 0.2) is 0 Å². The van der Waals surface area contributed by atoms with Crippen molar-refractivity contribution >= 4 is 5.91 Å². The highest BCUT2D eigenvalue weighted by molar-refractivity contribution is 5.86. The first-order chi connectivity index (χ1) is 12.7. The highest BCUT2D eigenvalue weighted by Crippen LogP contribution is 2.42. The molecule has 1 amide bonds. The summed E-state index contributed by atoms with van der Waals surface area (Å²) in [7, 11) is 1.66. The zero-order valence-corrected chi connectivity index (χ0v) is 14.9. The topological polar surface area (TPSA) is 71.6 Å². The number of benzene rings is 2. The monoisotopic (exact) mass is 353 g/mol. The van der Waals surface area contributed by atoms with E-state index in [1.807, 2.05) is 49.4 Å². The Morgan fingerprint density at radius 1 is 0.923 bits per heavy atom. The number of carbonyl (C=O) groups excluding carboxylic acids is 1. The number of fused-ring (bicyclic) bond motifs is 1. The van der Waals surface area contributed by atoms with Crippen LogP contribution in [0, 0.1) is 5.92 Å². The Morgan fingerprint density at radius 2 is 1.69 bits per heavy atom. The fraction of sp³-hybridized carbons (Fsp3) is 0.350. The van der Waals surface area contributed by atoms with Gasteiger partial charge in [-0.15, -0.1) is 0 Å². The molecule has 3 N–H and O–H groups in total. The van der Waals surface area contributed by atoms with Crippen LogP contribution in [-0.2, 0) is 4.79 Å². The van der Waals surface area contributed by atoms with Crippen LogP contribution < -0.4 is 25.6 Å². The van der Waals surface area contributed by atoms with Crippen molar-refractivity contribution in [3.63, 3.8) is 0 Å². The summed E-state index contributed by atoms with van der Waals surface area (Å²) in [6.45, 7) is 2.60. The lowest BCUT2D eigenvalue weighted by atomic mass is 9.83. The summed E-state index contributed by atoms with van der Waals surface area (Å²) in [6, 6.07) is 15.6. The van der Waals surface area contributed by atoms with Gasteiger partial charge in [-0.2, -0.15) is 0 Å². The number of amides is 1. The van der Waals surface area contributed by atoms with E-state index in [-0.39, 0.29) is 30.0 Å². The summed E-state index contributed by atoms with van der Waals surface area (Å²) >= 11 is 0. The quantitative estimate of drug-likeness (QED) is 0.768. The van der Waals surface area contributed by atoms with E-state index in [1.165, 1.54) is 0 Å². The minimum atomic E-state index is -0.261. The maximum atomic E-state index is 12.4. The molecule has 4 atom stereocenters. The predicted octanol–water partition coefficient (Wildman–Crippen LogP) is 2.10. The molecule has 4 rings (SSSR count). The molecule has 0 spiro atoms. The Bertz CT molecular complexity index is 793. The van der Waals surface area contributed by atoms with Gasteiger partial charge in [0, 0.05) is 5.92 Å². The molecular formula is C20H23N3O3. The Morgan fingerprint density at radius 3 is 2.42 bits per heavy atom. The number of methoxy groups -OCH3 is 1. The van der Waals surface area contributed by atoms with Crippen molar-refractivity contribution in [3.05, 3.63) is 59.7 Å². The molecule has 2 fully saturated rings. The lowest BCUT2D eigenvalue weighted by molar-refractivity contribution is -0.121. The molecule has 136 valence electrons. The Hall–Kier alpha value is -2.57. The minimum absolute atomic E-state index is 0.00520. The van der Waals surface area contributed by atoms with Gasteiger partial charge >= 0.3 is 0 Å². The van der Waals surface area contributed by atoms with E-state index in [1.54, 1.807) is 7.11 Å². The van der Waals surface area contributed by atoms with Crippen molar-refractivity contribution in [2.45, 2.75) is 25.0 Å². The molecule has 0 aliphatic carbocycles. The van der Waals surface area contributed by atoms with Crippen LogP contribution in [0.5, 0.6) is 11.5 Å². The van der Waals surface area contributed by atoms with Crippen LogP contribution >= 0.6 is 0 Å². The van der Waals surface area contributed by atoms with E-state index in [9.17, 15) is 4.79 Å². The van der Waals surface area contributed by atoms with Crippen LogP contribution in [0.25, 0.3) is 0 Å². The second-order valence-electron chi connectivity index (χ2n) is 6.59. The summed E-state index contributed by atoms with van der Waals surface area (Å²) in [5.41, 5.74) is 8.63. The lowest BCUT2D eigenvalue weighted by Crippen LogP contribution is -2.39. The van der Waals surface area contributed by atoms with Gasteiger partial charge < -0.3 is 14.8 Å². The van der Waals surface area contributed by atoms with Gasteiger partial charge in [0.1, 0.15) is 17.5 Å². The van der Waals surface area contributed by atoms with Crippen molar-refractivity contribution in [2.24, 2.45) is 5.92 Å². The highest BCUT2D eigenvalue weighted by atomic mass is 16.5. The molecule has 2 aromatic rings. The van der Waals surface area contributed by atoms with Crippen LogP contribution in [0.3, 0.4) is 0 Å². The Balaban J connectivity index is 1.64. The number of carbonyl (C=O) groups is 1. The normalized spacial score (nSPS) is 27.1. The average Bonchev–Trinajstić information content (AvgIpc) is 3.24. The fourth-order valence-corrected chi connectivity index (χ4v) is 3.91. The minimum Gasteiger partial charge on any atom is -0.497 e. The molecule has 6 heteroatoms. The zero-order valence-electron chi connectivity index (χ0n) is 14.9. The first-order valence-electron chi connectivity index (χ1n) is 8.89. The molecule has 0 bridgehead atoms. The molecule has 0 aromatic heterocycles. The summed E-state index contributed by atoms with van der Waals surface area (Å²) in [5, 5.41) is 3.14. The van der Waals surface area contributed by atoms with E-state index in [2.05, 4.69) is 22.2 Å². The maximum absolute atomic E-state index is 12.4. The van der Waals surface area contributed by atoms with Crippen molar-refractivity contribution in [1.29, 1.82) is 0 Å². The maximum Gasteiger partial charge on any atom is 0.239 e. The summed E-state index contributed by atoms with van der Waals surface area (Å²) in [5.74, 6) is 1.73. The molecule has 2 aromatic carbocycles. The zero-order chi connectivity index (χ0) is 18.1. The lowest BCUT2D eigenvalue weighted by Gasteiger charge is -2.24. The number of rotatable bonds is 5. The van der Waals surface area contributed by atoms with Crippen molar-refractivity contribution in [3.8, 4) is 11.5 Å². The van der Waals surface area contributed by atoms with Gasteiger partial charge in [-0.25, -0.2) is 10.9 Å². The van der Waals surface area contributed by atoms with Gasteiger partial charge in [0.2, 0.25) is 5.91 Å². The van der Waals surface area contributed by atoms with Crippen LogP contribution in [-0.4, -0.2) is 25.7 Å². The first-order valence-corrected chi connectivity index (χ1v) is 8.89. The Labute approximate surface area is 152 Å². The average molecular weight is 353 g/mol. The van der Waals surface area contributed by atoms with E-state index in [0.717, 1.165) is 22.6 Å². The summed E-state index contributed by atoms with van der Waals surface area (Å²) in [6.07, 6.45) is 0. The second-order valence-corrected chi connectivity index (χ2v) is 6.59. The number of hydrogen-bond acceptors (Lipinski definition) is 5. The largest absolute Gasteiger partial charge is 0.497 e. The molecule has 4 unspecified atom stereocenters. The van der Waals surface area contributed by atoms with Crippen LogP contribution in [0.1, 0.15) is 30.1 Å². The van der Waals surface area contributed by atoms with E-state index in [4.69, 9.17) is 9.47 Å². The molecule has 2 saturated heterocycles. The summed E-state index contributed by atoms with van der Waals surface area (Å²) < 4.78 is 10.9. The molecule has 2 aliphatic heterocycles. The molecule has 2 aliphatic rings. The van der Waals surface area contributed by atoms with E-state index in [0.29, 0.717) is 6.61 Å². The van der Waals surface area contributed by atoms with Crippen molar-refractivity contribution in [1.82, 2.24) is 16.2 Å².